The Kier molecular flexibility index (Phi) is 3.57. The number of halogens is 1. The molecule has 1 aliphatic heterocycles. The first kappa shape index (κ1) is 12.2. The van der Waals surface area contributed by atoms with Gasteiger partial charge in [-0.05, 0) is 18.4 Å². The molecule has 17 heavy (non-hydrogen) atoms. The molecule has 4 heteroatoms. The minimum absolute atomic E-state index is 0.0849. The van der Waals surface area contributed by atoms with Crippen LogP contribution in [0.3, 0.4) is 0 Å². The molecule has 1 aliphatic rings. The van der Waals surface area contributed by atoms with Gasteiger partial charge in [0.25, 0.3) is 0 Å². The zero-order valence-corrected chi connectivity index (χ0v) is 10.7. The fourth-order valence-electron chi connectivity index (χ4n) is 2.13. The van der Waals surface area contributed by atoms with Gasteiger partial charge >= 0.3 is 0 Å². The predicted octanol–water partition coefficient (Wildman–Crippen LogP) is 3.11. The Morgan fingerprint density at radius 3 is 2.88 bits per heavy atom. The van der Waals surface area contributed by atoms with Crippen LogP contribution in [0.25, 0.3) is 0 Å². The summed E-state index contributed by atoms with van der Waals surface area (Å²) in [6.45, 7) is 5.01. The maximum Gasteiger partial charge on any atom is 0.165 e. The largest absolute Gasteiger partial charge is 0.486 e. The van der Waals surface area contributed by atoms with Gasteiger partial charge in [0.2, 0.25) is 0 Å². The van der Waals surface area contributed by atoms with Crippen LogP contribution < -0.4 is 9.47 Å². The predicted molar refractivity (Wildman–Crippen MR) is 66.3 cm³/mol. The Balaban J connectivity index is 2.54. The number of hydrogen-bond donors (Lipinski definition) is 0. The lowest BCUT2D eigenvalue weighted by Crippen LogP contribution is -2.18. The Bertz CT molecular complexity index is 443. The molecule has 1 unspecified atom stereocenters. The van der Waals surface area contributed by atoms with E-state index in [-0.39, 0.29) is 5.92 Å². The third kappa shape index (κ3) is 2.25. The van der Waals surface area contributed by atoms with E-state index in [4.69, 9.17) is 21.1 Å². The van der Waals surface area contributed by atoms with Crippen LogP contribution in [0.5, 0.6) is 11.5 Å². The van der Waals surface area contributed by atoms with Crippen LogP contribution >= 0.6 is 11.6 Å². The van der Waals surface area contributed by atoms with Crippen molar-refractivity contribution in [2.24, 2.45) is 0 Å². The number of carbonyl (C=O) groups is 1. The summed E-state index contributed by atoms with van der Waals surface area (Å²) in [6.07, 6.45) is 1.37. The van der Waals surface area contributed by atoms with Crippen LogP contribution in [0, 0.1) is 6.92 Å². The SMILES string of the molecule is Cc1c(Cl)cc2c(c1C(C)CC=O)OCCO2. The number of carbonyl (C=O) groups excluding carboxylic acids is 1. The lowest BCUT2D eigenvalue weighted by Gasteiger charge is -2.25. The first-order valence-corrected chi connectivity index (χ1v) is 6.05. The van der Waals surface area contributed by atoms with E-state index in [1.807, 2.05) is 13.8 Å². The van der Waals surface area contributed by atoms with Crippen molar-refractivity contribution in [3.05, 3.63) is 22.2 Å². The second-order valence-electron chi connectivity index (χ2n) is 4.22. The molecule has 0 radical (unpaired) electrons. The number of aldehydes is 1. The quantitative estimate of drug-likeness (QED) is 0.778. The lowest BCUT2D eigenvalue weighted by molar-refractivity contribution is -0.108. The van der Waals surface area contributed by atoms with Crippen LogP contribution in [-0.2, 0) is 4.79 Å². The van der Waals surface area contributed by atoms with Crippen LogP contribution in [0.2, 0.25) is 5.02 Å². The van der Waals surface area contributed by atoms with Crippen molar-refractivity contribution in [1.82, 2.24) is 0 Å². The van der Waals surface area contributed by atoms with Crippen molar-refractivity contribution in [2.75, 3.05) is 13.2 Å². The zero-order valence-electron chi connectivity index (χ0n) is 9.96. The van der Waals surface area contributed by atoms with Gasteiger partial charge in [-0.25, -0.2) is 0 Å². The summed E-state index contributed by atoms with van der Waals surface area (Å²) in [6, 6.07) is 1.78. The minimum Gasteiger partial charge on any atom is -0.486 e. The van der Waals surface area contributed by atoms with E-state index in [9.17, 15) is 4.79 Å². The van der Waals surface area contributed by atoms with E-state index in [0.29, 0.717) is 30.4 Å². The molecular formula is C13H15ClO3. The third-order valence-electron chi connectivity index (χ3n) is 3.02. The number of fused-ring (bicyclic) bond motifs is 1. The number of benzene rings is 1. The summed E-state index contributed by atoms with van der Waals surface area (Å²) in [7, 11) is 0. The summed E-state index contributed by atoms with van der Waals surface area (Å²) in [5.74, 6) is 1.51. The summed E-state index contributed by atoms with van der Waals surface area (Å²) < 4.78 is 11.2. The van der Waals surface area contributed by atoms with Crippen molar-refractivity contribution in [3.63, 3.8) is 0 Å². The van der Waals surface area contributed by atoms with Crippen molar-refractivity contribution < 1.29 is 14.3 Å². The highest BCUT2D eigenvalue weighted by Gasteiger charge is 2.23. The molecule has 0 aliphatic carbocycles. The molecule has 1 atom stereocenters. The molecule has 1 aromatic carbocycles. The van der Waals surface area contributed by atoms with Gasteiger partial charge in [0.15, 0.2) is 11.5 Å². The zero-order chi connectivity index (χ0) is 12.4. The Labute approximate surface area is 106 Å². The second-order valence-corrected chi connectivity index (χ2v) is 4.63. The minimum atomic E-state index is 0.0849. The second kappa shape index (κ2) is 4.96. The number of hydrogen-bond acceptors (Lipinski definition) is 3. The molecule has 1 heterocycles. The van der Waals surface area contributed by atoms with Gasteiger partial charge in [-0.3, -0.25) is 0 Å². The van der Waals surface area contributed by atoms with Crippen LogP contribution in [0.1, 0.15) is 30.4 Å². The summed E-state index contributed by atoms with van der Waals surface area (Å²) in [5, 5.41) is 0.655. The van der Waals surface area contributed by atoms with Crippen molar-refractivity contribution in [3.8, 4) is 11.5 Å². The lowest BCUT2D eigenvalue weighted by atomic mass is 9.92. The van der Waals surface area contributed by atoms with Gasteiger partial charge in [0.1, 0.15) is 19.5 Å². The van der Waals surface area contributed by atoms with E-state index < -0.39 is 0 Å². The average Bonchev–Trinajstić information content (AvgIpc) is 2.31. The molecule has 0 bridgehead atoms. The van der Waals surface area contributed by atoms with E-state index in [2.05, 4.69) is 0 Å². The van der Waals surface area contributed by atoms with E-state index in [0.717, 1.165) is 23.2 Å². The maximum atomic E-state index is 10.6. The normalized spacial score (nSPS) is 15.5. The molecule has 3 nitrogen and oxygen atoms in total. The highest BCUT2D eigenvalue weighted by molar-refractivity contribution is 6.31. The smallest absolute Gasteiger partial charge is 0.165 e. The molecule has 0 amide bonds. The molecule has 1 aromatic rings. The molecule has 92 valence electrons. The standard InChI is InChI=1S/C13H15ClO3/c1-8(3-4-15)12-9(2)10(14)7-11-13(12)17-6-5-16-11/h4,7-8H,3,5-6H2,1-2H3. The van der Waals surface area contributed by atoms with Gasteiger partial charge in [0, 0.05) is 23.1 Å². The molecule has 0 aromatic heterocycles. The van der Waals surface area contributed by atoms with Gasteiger partial charge in [-0.1, -0.05) is 18.5 Å². The van der Waals surface area contributed by atoms with E-state index in [1.165, 1.54) is 0 Å². The first-order valence-electron chi connectivity index (χ1n) is 5.67. The molecule has 2 rings (SSSR count). The van der Waals surface area contributed by atoms with Crippen molar-refractivity contribution in [1.29, 1.82) is 0 Å². The van der Waals surface area contributed by atoms with Gasteiger partial charge < -0.3 is 14.3 Å². The molecule has 0 saturated carbocycles. The van der Waals surface area contributed by atoms with E-state index in [1.54, 1.807) is 6.07 Å². The number of rotatable bonds is 3. The Morgan fingerprint density at radius 2 is 2.18 bits per heavy atom. The fourth-order valence-corrected chi connectivity index (χ4v) is 2.33. The number of ether oxygens (including phenoxy) is 2. The Hall–Kier alpha value is -1.22. The van der Waals surface area contributed by atoms with Crippen LogP contribution in [0.4, 0.5) is 0 Å². The van der Waals surface area contributed by atoms with Gasteiger partial charge in [-0.2, -0.15) is 0 Å². The Morgan fingerprint density at radius 1 is 1.47 bits per heavy atom. The van der Waals surface area contributed by atoms with Crippen LogP contribution in [0.15, 0.2) is 6.07 Å². The first-order chi connectivity index (χ1) is 8.15. The van der Waals surface area contributed by atoms with Gasteiger partial charge in [-0.15, -0.1) is 0 Å². The fraction of sp³-hybridized carbons (Fsp3) is 0.462. The summed E-state index contributed by atoms with van der Waals surface area (Å²) in [4.78, 5) is 10.6. The summed E-state index contributed by atoms with van der Waals surface area (Å²) in [5.41, 5.74) is 1.95. The molecule has 0 fully saturated rings. The molecule has 0 saturated heterocycles. The molecular weight excluding hydrogens is 240 g/mol. The average molecular weight is 255 g/mol. The highest BCUT2D eigenvalue weighted by Crippen LogP contribution is 2.43. The van der Waals surface area contributed by atoms with E-state index >= 15 is 0 Å². The topological polar surface area (TPSA) is 35.5 Å². The highest BCUT2D eigenvalue weighted by atomic mass is 35.5. The van der Waals surface area contributed by atoms with Crippen LogP contribution in [-0.4, -0.2) is 19.5 Å². The molecule has 0 N–H and O–H groups in total. The van der Waals surface area contributed by atoms with Crippen molar-refractivity contribution in [2.45, 2.75) is 26.2 Å². The van der Waals surface area contributed by atoms with Gasteiger partial charge in [0.05, 0.1) is 0 Å². The molecule has 0 spiro atoms. The summed E-state index contributed by atoms with van der Waals surface area (Å²) >= 11 is 6.17. The van der Waals surface area contributed by atoms with Crippen molar-refractivity contribution >= 4 is 17.9 Å². The third-order valence-corrected chi connectivity index (χ3v) is 3.41. The monoisotopic (exact) mass is 254 g/mol. The maximum absolute atomic E-state index is 10.6.